The molecular weight excluding hydrogens is 338 g/mol. The number of ether oxygens (including phenoxy) is 1. The first kappa shape index (κ1) is 17.2. The smallest absolute Gasteiger partial charge is 0.240 e. The molecule has 7 heteroatoms. The molecule has 0 saturated carbocycles. The number of aromatic nitrogens is 2. The van der Waals surface area contributed by atoms with Crippen LogP contribution in [0.5, 0.6) is 5.75 Å². The highest BCUT2D eigenvalue weighted by Gasteiger charge is 2.13. The summed E-state index contributed by atoms with van der Waals surface area (Å²) in [4.78, 5) is 0.211. The maximum Gasteiger partial charge on any atom is 0.240 e. The van der Waals surface area contributed by atoms with Crippen molar-refractivity contribution in [3.63, 3.8) is 0 Å². The van der Waals surface area contributed by atoms with Crippen LogP contribution in [0.25, 0.3) is 5.69 Å². The van der Waals surface area contributed by atoms with Crippen LogP contribution >= 0.6 is 0 Å². The minimum atomic E-state index is -3.54. The molecule has 0 aliphatic carbocycles. The Morgan fingerprint density at radius 1 is 1.04 bits per heavy atom. The van der Waals surface area contributed by atoms with Gasteiger partial charge in [0.25, 0.3) is 0 Å². The number of sulfonamides is 1. The maximum atomic E-state index is 12.3. The van der Waals surface area contributed by atoms with E-state index in [1.807, 2.05) is 42.6 Å². The summed E-state index contributed by atoms with van der Waals surface area (Å²) in [6.07, 6.45) is 2.37. The summed E-state index contributed by atoms with van der Waals surface area (Å²) in [5.74, 6) is 0.616. The lowest BCUT2D eigenvalue weighted by molar-refractivity contribution is 0.414. The number of hydrogen-bond acceptors (Lipinski definition) is 4. The molecule has 0 amide bonds. The van der Waals surface area contributed by atoms with E-state index in [0.29, 0.717) is 12.2 Å². The Balaban J connectivity index is 1.59. The standard InChI is InChI=1S/C18H19N3O3S/c1-24-17-7-9-18(10-8-17)25(22,23)19-13-11-15-12-14-21(20-15)16-5-3-2-4-6-16/h2-10,12,14,19H,11,13H2,1H3. The molecule has 0 bridgehead atoms. The number of para-hydroxylation sites is 1. The van der Waals surface area contributed by atoms with Gasteiger partial charge in [0.15, 0.2) is 0 Å². The molecule has 6 nitrogen and oxygen atoms in total. The van der Waals surface area contributed by atoms with Crippen molar-refractivity contribution in [3.05, 3.63) is 72.6 Å². The molecule has 0 saturated heterocycles. The van der Waals surface area contributed by atoms with E-state index in [-0.39, 0.29) is 11.4 Å². The van der Waals surface area contributed by atoms with Gasteiger partial charge in [0.05, 0.1) is 23.4 Å². The fourth-order valence-corrected chi connectivity index (χ4v) is 3.40. The molecule has 2 aromatic carbocycles. The lowest BCUT2D eigenvalue weighted by Gasteiger charge is -2.07. The average molecular weight is 357 g/mol. The summed E-state index contributed by atoms with van der Waals surface area (Å²) in [6, 6.07) is 17.9. The highest BCUT2D eigenvalue weighted by atomic mass is 32.2. The summed E-state index contributed by atoms with van der Waals surface area (Å²) in [5, 5.41) is 4.46. The van der Waals surface area contributed by atoms with Crippen LogP contribution in [0.3, 0.4) is 0 Å². The Morgan fingerprint density at radius 2 is 1.76 bits per heavy atom. The van der Waals surface area contributed by atoms with Gasteiger partial charge in [-0.3, -0.25) is 0 Å². The fraction of sp³-hybridized carbons (Fsp3) is 0.167. The number of nitrogens with one attached hydrogen (secondary N) is 1. The van der Waals surface area contributed by atoms with Gasteiger partial charge in [-0.25, -0.2) is 17.8 Å². The number of rotatable bonds is 7. The average Bonchev–Trinajstić information content (AvgIpc) is 3.11. The van der Waals surface area contributed by atoms with E-state index < -0.39 is 10.0 Å². The van der Waals surface area contributed by atoms with E-state index in [0.717, 1.165) is 11.4 Å². The Morgan fingerprint density at radius 3 is 2.44 bits per heavy atom. The number of hydrogen-bond donors (Lipinski definition) is 1. The van der Waals surface area contributed by atoms with Gasteiger partial charge in [-0.15, -0.1) is 0 Å². The maximum absolute atomic E-state index is 12.3. The van der Waals surface area contributed by atoms with Crippen LogP contribution in [-0.4, -0.2) is 31.9 Å². The Bertz CT molecular complexity index is 920. The number of methoxy groups -OCH3 is 1. The minimum absolute atomic E-state index is 0.211. The van der Waals surface area contributed by atoms with E-state index in [1.165, 1.54) is 19.2 Å². The topological polar surface area (TPSA) is 73.2 Å². The summed E-state index contributed by atoms with van der Waals surface area (Å²) in [5.41, 5.74) is 1.79. The highest BCUT2D eigenvalue weighted by Crippen LogP contribution is 2.15. The van der Waals surface area contributed by atoms with Gasteiger partial charge in [0.1, 0.15) is 5.75 Å². The highest BCUT2D eigenvalue weighted by molar-refractivity contribution is 7.89. The van der Waals surface area contributed by atoms with Gasteiger partial charge in [0.2, 0.25) is 10.0 Å². The molecule has 0 spiro atoms. The van der Waals surface area contributed by atoms with Crippen LogP contribution in [0.2, 0.25) is 0 Å². The van der Waals surface area contributed by atoms with Crippen LogP contribution in [0.15, 0.2) is 71.8 Å². The van der Waals surface area contributed by atoms with Crippen molar-refractivity contribution in [1.29, 1.82) is 0 Å². The largest absolute Gasteiger partial charge is 0.497 e. The molecular formula is C18H19N3O3S. The molecule has 0 fully saturated rings. The molecule has 1 heterocycles. The molecule has 1 N–H and O–H groups in total. The molecule has 0 unspecified atom stereocenters. The SMILES string of the molecule is COc1ccc(S(=O)(=O)NCCc2ccn(-c3ccccc3)n2)cc1. The van der Waals surface area contributed by atoms with Gasteiger partial charge in [-0.2, -0.15) is 5.10 Å². The molecule has 0 radical (unpaired) electrons. The van der Waals surface area contributed by atoms with E-state index >= 15 is 0 Å². The monoisotopic (exact) mass is 357 g/mol. The Kier molecular flexibility index (Phi) is 5.16. The first-order chi connectivity index (χ1) is 12.1. The van der Waals surface area contributed by atoms with Crippen molar-refractivity contribution in [2.75, 3.05) is 13.7 Å². The third-order valence-electron chi connectivity index (χ3n) is 3.71. The van der Waals surface area contributed by atoms with Gasteiger partial charge in [0, 0.05) is 19.2 Å². The molecule has 1 aromatic heterocycles. The summed E-state index contributed by atoms with van der Waals surface area (Å²) >= 11 is 0. The second-order valence-corrected chi connectivity index (χ2v) is 7.18. The quantitative estimate of drug-likeness (QED) is 0.705. The van der Waals surface area contributed by atoms with Crippen LogP contribution in [-0.2, 0) is 16.4 Å². The summed E-state index contributed by atoms with van der Waals surface area (Å²) in [6.45, 7) is 0.278. The van der Waals surface area contributed by atoms with Crippen LogP contribution in [0.1, 0.15) is 5.69 Å². The van der Waals surface area contributed by atoms with Gasteiger partial charge < -0.3 is 4.74 Å². The van der Waals surface area contributed by atoms with Gasteiger partial charge >= 0.3 is 0 Å². The molecule has 0 atom stereocenters. The third-order valence-corrected chi connectivity index (χ3v) is 5.18. The minimum Gasteiger partial charge on any atom is -0.497 e. The first-order valence-electron chi connectivity index (χ1n) is 7.82. The molecule has 130 valence electrons. The lowest BCUT2D eigenvalue weighted by atomic mass is 10.3. The van der Waals surface area contributed by atoms with E-state index in [2.05, 4.69) is 9.82 Å². The second-order valence-electron chi connectivity index (χ2n) is 5.41. The van der Waals surface area contributed by atoms with E-state index in [4.69, 9.17) is 4.74 Å². The van der Waals surface area contributed by atoms with Crippen molar-refractivity contribution in [1.82, 2.24) is 14.5 Å². The van der Waals surface area contributed by atoms with Gasteiger partial charge in [-0.05, 0) is 42.5 Å². The first-order valence-corrected chi connectivity index (χ1v) is 9.30. The van der Waals surface area contributed by atoms with Crippen LogP contribution in [0.4, 0.5) is 0 Å². The number of nitrogens with zero attached hydrogens (tertiary/aromatic N) is 2. The normalized spacial score (nSPS) is 11.4. The fourth-order valence-electron chi connectivity index (χ4n) is 2.37. The van der Waals surface area contributed by atoms with Crippen molar-refractivity contribution >= 4 is 10.0 Å². The molecule has 0 aliphatic rings. The lowest BCUT2D eigenvalue weighted by Crippen LogP contribution is -2.26. The van der Waals surface area contributed by atoms with Crippen molar-refractivity contribution in [3.8, 4) is 11.4 Å². The predicted octanol–water partition coefficient (Wildman–Crippen LogP) is 2.40. The molecule has 0 aliphatic heterocycles. The Labute approximate surface area is 147 Å². The molecule has 3 aromatic rings. The van der Waals surface area contributed by atoms with Crippen LogP contribution < -0.4 is 9.46 Å². The van der Waals surface area contributed by atoms with Crippen molar-refractivity contribution in [2.24, 2.45) is 0 Å². The molecule has 25 heavy (non-hydrogen) atoms. The predicted molar refractivity (Wildman–Crippen MR) is 95.5 cm³/mol. The zero-order chi connectivity index (χ0) is 17.7. The number of benzene rings is 2. The zero-order valence-corrected chi connectivity index (χ0v) is 14.6. The third kappa shape index (κ3) is 4.26. The van der Waals surface area contributed by atoms with E-state index in [9.17, 15) is 8.42 Å². The van der Waals surface area contributed by atoms with Crippen LogP contribution in [0, 0.1) is 0 Å². The molecule has 3 rings (SSSR count). The second kappa shape index (κ2) is 7.50. The van der Waals surface area contributed by atoms with E-state index in [1.54, 1.807) is 16.8 Å². The van der Waals surface area contributed by atoms with Crippen molar-refractivity contribution < 1.29 is 13.2 Å². The van der Waals surface area contributed by atoms with Crippen molar-refractivity contribution in [2.45, 2.75) is 11.3 Å². The Hall–Kier alpha value is -2.64. The summed E-state index contributed by atoms with van der Waals surface area (Å²) < 4.78 is 33.9. The van der Waals surface area contributed by atoms with Gasteiger partial charge in [-0.1, -0.05) is 18.2 Å². The zero-order valence-electron chi connectivity index (χ0n) is 13.8. The summed E-state index contributed by atoms with van der Waals surface area (Å²) in [7, 11) is -2.00.